The van der Waals surface area contributed by atoms with Gasteiger partial charge in [-0.2, -0.15) is 5.10 Å². The number of rotatable bonds is 6. The molecular weight excluding hydrogens is 410 g/mol. The molecule has 1 amide bonds. The number of anilines is 1. The molecule has 3 aromatic rings. The zero-order valence-electron chi connectivity index (χ0n) is 18.0. The van der Waals surface area contributed by atoms with Crippen molar-refractivity contribution in [3.05, 3.63) is 83.1 Å². The van der Waals surface area contributed by atoms with Gasteiger partial charge in [0.05, 0.1) is 12.2 Å². The normalized spacial score (nSPS) is 22.8. The van der Waals surface area contributed by atoms with Crippen molar-refractivity contribution in [3.63, 3.8) is 0 Å². The van der Waals surface area contributed by atoms with E-state index in [9.17, 15) is 13.6 Å². The molecule has 0 bridgehead atoms. The summed E-state index contributed by atoms with van der Waals surface area (Å²) < 4.78 is 29.6. The Morgan fingerprint density at radius 2 is 1.97 bits per heavy atom. The molecule has 5 rings (SSSR count). The summed E-state index contributed by atoms with van der Waals surface area (Å²) in [5.41, 5.74) is 2.46. The fraction of sp³-hybridized carbons (Fsp3) is 0.360. The zero-order valence-corrected chi connectivity index (χ0v) is 18.0. The molecule has 2 aromatic carbocycles. The van der Waals surface area contributed by atoms with Gasteiger partial charge in [0.2, 0.25) is 5.91 Å². The molecule has 2 aliphatic rings. The van der Waals surface area contributed by atoms with Crippen molar-refractivity contribution in [3.8, 4) is 0 Å². The van der Waals surface area contributed by atoms with E-state index in [1.54, 1.807) is 12.3 Å². The van der Waals surface area contributed by atoms with Gasteiger partial charge in [-0.1, -0.05) is 42.5 Å². The van der Waals surface area contributed by atoms with Crippen LogP contribution in [-0.4, -0.2) is 33.7 Å². The molecule has 0 radical (unpaired) electrons. The molecule has 2 fully saturated rings. The Morgan fingerprint density at radius 3 is 2.78 bits per heavy atom. The SMILES string of the molecule is Cc1cnn([C@@H]2CCN(Cc3ccccc3)C2)c1NC(=O)[C@@H]1C[C@@H]1c1cccc(F)c1F. The van der Waals surface area contributed by atoms with Crippen molar-refractivity contribution in [1.29, 1.82) is 0 Å². The Balaban J connectivity index is 1.25. The summed E-state index contributed by atoms with van der Waals surface area (Å²) in [6.07, 6.45) is 3.25. The molecule has 3 atom stereocenters. The summed E-state index contributed by atoms with van der Waals surface area (Å²) in [7, 11) is 0. The van der Waals surface area contributed by atoms with E-state index in [2.05, 4.69) is 27.4 Å². The lowest BCUT2D eigenvalue weighted by Gasteiger charge is -2.18. The number of nitrogens with zero attached hydrogens (tertiary/aromatic N) is 3. The van der Waals surface area contributed by atoms with Gasteiger partial charge in [-0.25, -0.2) is 13.5 Å². The molecule has 1 saturated carbocycles. The van der Waals surface area contributed by atoms with Crippen molar-refractivity contribution >= 4 is 11.7 Å². The third-order valence-electron chi connectivity index (χ3n) is 6.57. The van der Waals surface area contributed by atoms with Crippen molar-refractivity contribution in [2.45, 2.75) is 38.3 Å². The third-order valence-corrected chi connectivity index (χ3v) is 6.57. The first-order valence-corrected chi connectivity index (χ1v) is 11.1. The maximum atomic E-state index is 14.1. The minimum absolute atomic E-state index is 0.164. The summed E-state index contributed by atoms with van der Waals surface area (Å²) >= 11 is 0. The van der Waals surface area contributed by atoms with Crippen LogP contribution in [0.2, 0.25) is 0 Å². The van der Waals surface area contributed by atoms with Crippen LogP contribution in [0.25, 0.3) is 0 Å². The Morgan fingerprint density at radius 1 is 1.16 bits per heavy atom. The van der Waals surface area contributed by atoms with E-state index < -0.39 is 11.6 Å². The van der Waals surface area contributed by atoms with E-state index >= 15 is 0 Å². The van der Waals surface area contributed by atoms with E-state index in [1.165, 1.54) is 11.6 Å². The maximum Gasteiger partial charge on any atom is 0.229 e. The second-order valence-corrected chi connectivity index (χ2v) is 8.86. The van der Waals surface area contributed by atoms with E-state index in [4.69, 9.17) is 0 Å². The molecule has 1 aliphatic carbocycles. The van der Waals surface area contributed by atoms with Gasteiger partial charge in [-0.15, -0.1) is 0 Å². The predicted octanol–water partition coefficient (Wildman–Crippen LogP) is 4.66. The summed E-state index contributed by atoms with van der Waals surface area (Å²) in [5, 5.41) is 7.56. The third kappa shape index (κ3) is 4.05. The summed E-state index contributed by atoms with van der Waals surface area (Å²) in [6.45, 7) is 4.64. The molecule has 2 heterocycles. The van der Waals surface area contributed by atoms with Gasteiger partial charge in [-0.3, -0.25) is 9.69 Å². The highest BCUT2D eigenvalue weighted by molar-refractivity contribution is 5.95. The van der Waals surface area contributed by atoms with Gasteiger partial charge in [0.15, 0.2) is 11.6 Å². The number of carbonyl (C=O) groups excluding carboxylic acids is 1. The smallest absolute Gasteiger partial charge is 0.229 e. The zero-order chi connectivity index (χ0) is 22.2. The van der Waals surface area contributed by atoms with Crippen LogP contribution >= 0.6 is 0 Å². The van der Waals surface area contributed by atoms with Gasteiger partial charge in [0, 0.05) is 31.1 Å². The number of carbonyl (C=O) groups is 1. The van der Waals surface area contributed by atoms with Gasteiger partial charge < -0.3 is 5.32 Å². The summed E-state index contributed by atoms with van der Waals surface area (Å²) in [5.74, 6) is -1.82. The second-order valence-electron chi connectivity index (χ2n) is 8.86. The lowest BCUT2D eigenvalue weighted by Crippen LogP contribution is -2.24. The van der Waals surface area contributed by atoms with Crippen molar-refractivity contribution < 1.29 is 13.6 Å². The number of hydrogen-bond acceptors (Lipinski definition) is 3. The van der Waals surface area contributed by atoms with Crippen molar-refractivity contribution in [2.24, 2.45) is 5.92 Å². The van der Waals surface area contributed by atoms with Crippen LogP contribution in [0.15, 0.2) is 54.7 Å². The lowest BCUT2D eigenvalue weighted by atomic mass is 10.1. The van der Waals surface area contributed by atoms with E-state index in [0.717, 1.165) is 37.7 Å². The molecule has 1 aromatic heterocycles. The largest absolute Gasteiger partial charge is 0.310 e. The molecule has 32 heavy (non-hydrogen) atoms. The first kappa shape index (κ1) is 20.8. The Hall–Kier alpha value is -3.06. The monoisotopic (exact) mass is 436 g/mol. The number of nitrogens with one attached hydrogen (secondary N) is 1. The summed E-state index contributed by atoms with van der Waals surface area (Å²) in [4.78, 5) is 15.3. The first-order chi connectivity index (χ1) is 15.5. The topological polar surface area (TPSA) is 50.2 Å². The fourth-order valence-electron chi connectivity index (χ4n) is 4.72. The number of halogens is 2. The second kappa shape index (κ2) is 8.47. The van der Waals surface area contributed by atoms with Gasteiger partial charge in [0.25, 0.3) is 0 Å². The highest BCUT2D eigenvalue weighted by Gasteiger charge is 2.46. The molecule has 0 spiro atoms. The first-order valence-electron chi connectivity index (χ1n) is 11.1. The highest BCUT2D eigenvalue weighted by atomic mass is 19.2. The average molecular weight is 437 g/mol. The van der Waals surface area contributed by atoms with Crippen LogP contribution < -0.4 is 5.32 Å². The molecule has 0 unspecified atom stereocenters. The van der Waals surface area contributed by atoms with Crippen molar-refractivity contribution in [2.75, 3.05) is 18.4 Å². The van der Waals surface area contributed by atoms with E-state index in [0.29, 0.717) is 12.2 Å². The van der Waals surface area contributed by atoms with Crippen LogP contribution in [0.3, 0.4) is 0 Å². The number of amides is 1. The van der Waals surface area contributed by atoms with Gasteiger partial charge in [0.1, 0.15) is 5.82 Å². The van der Waals surface area contributed by atoms with Crippen LogP contribution in [0.4, 0.5) is 14.6 Å². The molecule has 5 nitrogen and oxygen atoms in total. The quantitative estimate of drug-likeness (QED) is 0.612. The van der Waals surface area contributed by atoms with Crippen LogP contribution in [-0.2, 0) is 11.3 Å². The summed E-state index contributed by atoms with van der Waals surface area (Å²) in [6, 6.07) is 14.7. The molecular formula is C25H26F2N4O. The fourth-order valence-corrected chi connectivity index (χ4v) is 4.72. The van der Waals surface area contributed by atoms with Crippen LogP contribution in [0.1, 0.15) is 41.5 Å². The Labute approximate surface area is 186 Å². The molecule has 1 saturated heterocycles. The molecule has 1 N–H and O–H groups in total. The highest BCUT2D eigenvalue weighted by Crippen LogP contribution is 2.49. The standard InChI is InChI=1S/C25H26F2N4O/c1-16-13-28-31(18-10-11-30(15-18)14-17-6-3-2-4-7-17)24(16)29-25(32)21-12-20(21)19-8-5-9-22(26)23(19)27/h2-9,13,18,20-21H,10-12,14-15H2,1H3,(H,29,32)/t18-,20-,21-/m1/s1. The van der Waals surface area contributed by atoms with Crippen LogP contribution in [0, 0.1) is 24.5 Å². The number of benzene rings is 2. The predicted molar refractivity (Wildman–Crippen MR) is 118 cm³/mol. The minimum atomic E-state index is -0.872. The Bertz CT molecular complexity index is 1130. The maximum absolute atomic E-state index is 14.1. The van der Waals surface area contributed by atoms with E-state index in [1.807, 2.05) is 29.8 Å². The molecule has 7 heteroatoms. The minimum Gasteiger partial charge on any atom is -0.310 e. The number of hydrogen-bond donors (Lipinski definition) is 1. The average Bonchev–Trinajstić information content (AvgIpc) is 3.33. The number of aromatic nitrogens is 2. The Kier molecular flexibility index (Phi) is 5.51. The van der Waals surface area contributed by atoms with E-state index in [-0.39, 0.29) is 29.3 Å². The molecule has 1 aliphatic heterocycles. The number of aryl methyl sites for hydroxylation is 1. The van der Waals surface area contributed by atoms with Gasteiger partial charge >= 0.3 is 0 Å². The van der Waals surface area contributed by atoms with Crippen LogP contribution in [0.5, 0.6) is 0 Å². The lowest BCUT2D eigenvalue weighted by molar-refractivity contribution is -0.117. The van der Waals surface area contributed by atoms with Gasteiger partial charge in [-0.05, 0) is 42.9 Å². The molecule has 166 valence electrons. The van der Waals surface area contributed by atoms with Crippen molar-refractivity contribution in [1.82, 2.24) is 14.7 Å². The number of likely N-dealkylation sites (tertiary alicyclic amines) is 1.